The largest absolute Gasteiger partial charge is 0.444 e. The second kappa shape index (κ2) is 10.2. The molecule has 0 spiro atoms. The number of amides is 1. The van der Waals surface area contributed by atoms with Gasteiger partial charge in [-0.05, 0) is 63.3 Å². The maximum Gasteiger partial charge on any atom is 0.410 e. The van der Waals surface area contributed by atoms with Crippen LogP contribution in [-0.4, -0.2) is 46.2 Å². The third-order valence-corrected chi connectivity index (χ3v) is 5.21. The van der Waals surface area contributed by atoms with Gasteiger partial charge >= 0.3 is 6.09 Å². The van der Waals surface area contributed by atoms with E-state index in [1.807, 2.05) is 39.0 Å². The first-order chi connectivity index (χ1) is 14.7. The van der Waals surface area contributed by atoms with Crippen LogP contribution in [-0.2, 0) is 4.74 Å². The molecule has 164 valence electrons. The number of piperidine rings is 1. The van der Waals surface area contributed by atoms with E-state index in [0.717, 1.165) is 18.4 Å². The molecule has 1 aliphatic heterocycles. The normalized spacial score (nSPS) is 16.3. The van der Waals surface area contributed by atoms with Crippen LogP contribution in [0.1, 0.15) is 44.7 Å². The number of benzene rings is 1. The Hall–Kier alpha value is -2.49. The molecule has 1 aliphatic rings. The summed E-state index contributed by atoms with van der Waals surface area (Å²) in [5.41, 5.74) is 0.851. The van der Waals surface area contributed by atoms with Gasteiger partial charge in [0.25, 0.3) is 0 Å². The highest BCUT2D eigenvalue weighted by atomic mass is 35.5. The zero-order chi connectivity index (χ0) is 22.4. The molecule has 0 aliphatic carbocycles. The van der Waals surface area contributed by atoms with Crippen molar-refractivity contribution in [1.82, 2.24) is 14.9 Å². The number of hydrogen-bond acceptors (Lipinski definition) is 5. The lowest BCUT2D eigenvalue weighted by molar-refractivity contribution is 0.0172. The summed E-state index contributed by atoms with van der Waals surface area (Å²) in [6.07, 6.45) is 3.25. The summed E-state index contributed by atoms with van der Waals surface area (Å²) in [6, 6.07) is 7.39. The van der Waals surface area contributed by atoms with E-state index in [2.05, 4.69) is 27.1 Å². The van der Waals surface area contributed by atoms with Crippen molar-refractivity contribution in [3.05, 3.63) is 51.9 Å². The summed E-state index contributed by atoms with van der Waals surface area (Å²) in [5, 5.41) is 4.06. The van der Waals surface area contributed by atoms with Crippen LogP contribution in [0.25, 0.3) is 0 Å². The molecule has 2 heterocycles. The fourth-order valence-corrected chi connectivity index (χ4v) is 3.57. The predicted octanol–water partition coefficient (Wildman–Crippen LogP) is 5.24. The lowest BCUT2D eigenvalue weighted by Gasteiger charge is -2.34. The number of nitrogens with one attached hydrogen (secondary N) is 1. The molecule has 1 N–H and O–H groups in total. The van der Waals surface area contributed by atoms with E-state index in [-0.39, 0.29) is 17.3 Å². The molecule has 8 heteroatoms. The molecule has 1 atom stereocenters. The number of carbonyl (C=O) groups is 1. The van der Waals surface area contributed by atoms with Crippen molar-refractivity contribution < 1.29 is 9.53 Å². The Bertz CT molecular complexity index is 995. The van der Waals surface area contributed by atoms with Crippen LogP contribution in [0, 0.1) is 17.8 Å². The zero-order valence-electron chi connectivity index (χ0n) is 17.9. The van der Waals surface area contributed by atoms with Crippen molar-refractivity contribution in [2.45, 2.75) is 39.2 Å². The van der Waals surface area contributed by atoms with Gasteiger partial charge in [0.2, 0.25) is 5.28 Å². The van der Waals surface area contributed by atoms with Crippen LogP contribution in [0.4, 0.5) is 10.6 Å². The first kappa shape index (κ1) is 23.2. The number of halogens is 2. The third kappa shape index (κ3) is 7.02. The van der Waals surface area contributed by atoms with E-state index in [9.17, 15) is 4.79 Å². The minimum atomic E-state index is -0.505. The molecule has 0 unspecified atom stereocenters. The Morgan fingerprint density at radius 2 is 2.00 bits per heavy atom. The Morgan fingerprint density at radius 1 is 1.26 bits per heavy atom. The monoisotopic (exact) mass is 460 g/mol. The summed E-state index contributed by atoms with van der Waals surface area (Å²) < 4.78 is 5.51. The van der Waals surface area contributed by atoms with Gasteiger partial charge in [-0.3, -0.25) is 0 Å². The van der Waals surface area contributed by atoms with E-state index < -0.39 is 5.60 Å². The summed E-state index contributed by atoms with van der Waals surface area (Å²) in [7, 11) is 0. The Balaban J connectivity index is 1.67. The SMILES string of the molecule is CC(C)(C)OC(=O)N1CCC[C@H](CNc2nc(Cl)ncc2C#Cc2ccccc2Cl)C1. The second-order valence-electron chi connectivity index (χ2n) is 8.45. The quantitative estimate of drug-likeness (QED) is 0.500. The van der Waals surface area contributed by atoms with Crippen LogP contribution >= 0.6 is 23.2 Å². The summed E-state index contributed by atoms with van der Waals surface area (Å²) >= 11 is 12.2. The number of nitrogens with zero attached hydrogens (tertiary/aromatic N) is 3. The molecular weight excluding hydrogens is 435 g/mol. The molecule has 0 saturated carbocycles. The lowest BCUT2D eigenvalue weighted by Crippen LogP contribution is -2.44. The fourth-order valence-electron chi connectivity index (χ4n) is 3.25. The van der Waals surface area contributed by atoms with Gasteiger partial charge in [-0.1, -0.05) is 35.6 Å². The van der Waals surface area contributed by atoms with Gasteiger partial charge in [-0.15, -0.1) is 0 Å². The molecule has 1 fully saturated rings. The Morgan fingerprint density at radius 3 is 2.74 bits per heavy atom. The number of ether oxygens (including phenoxy) is 1. The highest BCUT2D eigenvalue weighted by Gasteiger charge is 2.27. The summed E-state index contributed by atoms with van der Waals surface area (Å²) in [6.45, 7) is 7.59. The maximum atomic E-state index is 12.4. The number of likely N-dealkylation sites (tertiary alicyclic amines) is 1. The van der Waals surface area contributed by atoms with E-state index in [1.54, 1.807) is 17.2 Å². The maximum absolute atomic E-state index is 12.4. The number of hydrogen-bond donors (Lipinski definition) is 1. The van der Waals surface area contributed by atoms with Gasteiger partial charge in [0.15, 0.2) is 0 Å². The second-order valence-corrected chi connectivity index (χ2v) is 9.19. The summed E-state index contributed by atoms with van der Waals surface area (Å²) in [4.78, 5) is 22.5. The molecule has 1 amide bonds. The van der Waals surface area contributed by atoms with Gasteiger partial charge < -0.3 is 15.0 Å². The average Bonchev–Trinajstić information content (AvgIpc) is 2.71. The van der Waals surface area contributed by atoms with Crippen LogP contribution in [0.15, 0.2) is 30.5 Å². The molecule has 1 aromatic heterocycles. The molecule has 2 aromatic rings. The van der Waals surface area contributed by atoms with Crippen molar-refractivity contribution >= 4 is 35.1 Å². The number of anilines is 1. The van der Waals surface area contributed by atoms with E-state index in [1.165, 1.54) is 0 Å². The van der Waals surface area contributed by atoms with Crippen molar-refractivity contribution in [1.29, 1.82) is 0 Å². The van der Waals surface area contributed by atoms with Crippen molar-refractivity contribution in [3.8, 4) is 11.8 Å². The number of aromatic nitrogens is 2. The minimum Gasteiger partial charge on any atom is -0.444 e. The first-order valence-corrected chi connectivity index (χ1v) is 11.0. The van der Waals surface area contributed by atoms with Gasteiger partial charge in [0.1, 0.15) is 11.4 Å². The lowest BCUT2D eigenvalue weighted by atomic mass is 9.98. The standard InChI is InChI=1S/C23H26Cl2N4O2/c1-23(2,3)31-22(30)29-12-6-7-16(15-29)13-26-20-18(14-27-21(25)28-20)11-10-17-8-4-5-9-19(17)24/h4-5,8-9,14,16H,6-7,12-13,15H2,1-3H3,(H,26,27,28)/t16-/m1/s1. The highest BCUT2D eigenvalue weighted by Crippen LogP contribution is 2.21. The van der Waals surface area contributed by atoms with Gasteiger partial charge in [0, 0.05) is 31.4 Å². The average molecular weight is 461 g/mol. The highest BCUT2D eigenvalue weighted by molar-refractivity contribution is 6.31. The van der Waals surface area contributed by atoms with E-state index in [4.69, 9.17) is 27.9 Å². The number of rotatable bonds is 3. The molecule has 0 radical (unpaired) electrons. The Kier molecular flexibility index (Phi) is 7.64. The van der Waals surface area contributed by atoms with Crippen LogP contribution in [0.5, 0.6) is 0 Å². The van der Waals surface area contributed by atoms with E-state index >= 15 is 0 Å². The smallest absolute Gasteiger partial charge is 0.410 e. The van der Waals surface area contributed by atoms with Gasteiger partial charge in [-0.25, -0.2) is 9.78 Å². The van der Waals surface area contributed by atoms with E-state index in [0.29, 0.717) is 36.0 Å². The molecule has 3 rings (SSSR count). The number of carbonyl (C=O) groups excluding carboxylic acids is 1. The van der Waals surface area contributed by atoms with Crippen molar-refractivity contribution in [3.63, 3.8) is 0 Å². The van der Waals surface area contributed by atoms with Crippen LogP contribution in [0.2, 0.25) is 10.3 Å². The fraction of sp³-hybridized carbons (Fsp3) is 0.435. The van der Waals surface area contributed by atoms with Gasteiger partial charge in [0.05, 0.1) is 10.6 Å². The molecule has 6 nitrogen and oxygen atoms in total. The van der Waals surface area contributed by atoms with Crippen LogP contribution < -0.4 is 5.32 Å². The molecular formula is C23H26Cl2N4O2. The molecule has 31 heavy (non-hydrogen) atoms. The first-order valence-electron chi connectivity index (χ1n) is 10.2. The predicted molar refractivity (Wildman–Crippen MR) is 123 cm³/mol. The van der Waals surface area contributed by atoms with Crippen molar-refractivity contribution in [2.75, 3.05) is 25.0 Å². The summed E-state index contributed by atoms with van der Waals surface area (Å²) in [5.74, 6) is 6.96. The molecule has 1 saturated heterocycles. The zero-order valence-corrected chi connectivity index (χ0v) is 19.4. The van der Waals surface area contributed by atoms with Crippen LogP contribution in [0.3, 0.4) is 0 Å². The molecule has 1 aromatic carbocycles. The minimum absolute atomic E-state index is 0.143. The third-order valence-electron chi connectivity index (χ3n) is 4.69. The Labute approximate surface area is 193 Å². The molecule has 0 bridgehead atoms. The topological polar surface area (TPSA) is 67.3 Å². The van der Waals surface area contributed by atoms with Crippen molar-refractivity contribution in [2.24, 2.45) is 5.92 Å². The van der Waals surface area contributed by atoms with Gasteiger partial charge in [-0.2, -0.15) is 4.98 Å².